The molecule has 4 aliphatic rings. The van der Waals surface area contributed by atoms with Gasteiger partial charge in [-0.05, 0) is 0 Å². The van der Waals surface area contributed by atoms with Crippen LogP contribution >= 0.6 is 14.0 Å². The van der Waals surface area contributed by atoms with Gasteiger partial charge in [-0.2, -0.15) is 0 Å². The van der Waals surface area contributed by atoms with Crippen LogP contribution in [0.4, 0.5) is 0 Å². The Balaban J connectivity index is 1.16. The molecule has 7 aromatic carbocycles. The summed E-state index contributed by atoms with van der Waals surface area (Å²) in [5, 5.41) is 15.4. The van der Waals surface area contributed by atoms with E-state index in [4.69, 9.17) is 18.5 Å². The first kappa shape index (κ1) is 36.3. The number of ether oxygens (including phenoxy) is 2. The second kappa shape index (κ2) is 13.9. The number of epoxide rings is 1. The van der Waals surface area contributed by atoms with E-state index >= 15 is 0 Å². The molecular weight excluding hydrogens is 755 g/mol. The molecule has 7 aromatic rings. The van der Waals surface area contributed by atoms with Gasteiger partial charge in [-0.3, -0.25) is 0 Å². The van der Waals surface area contributed by atoms with Crippen molar-refractivity contribution in [1.29, 1.82) is 0 Å². The van der Waals surface area contributed by atoms with Gasteiger partial charge in [-0.15, -0.1) is 0 Å². The predicted molar refractivity (Wildman–Crippen MR) is 238 cm³/mol. The predicted octanol–water partition coefficient (Wildman–Crippen LogP) is 6.79. The molecule has 0 radical (unpaired) electrons. The maximum atomic E-state index is 8.22. The summed E-state index contributed by atoms with van der Waals surface area (Å²) in [4.78, 5) is 0. The molecule has 2 N–H and O–H groups in total. The molecule has 4 fully saturated rings. The zero-order valence-corrected chi connectivity index (χ0v) is 33.8. The molecule has 0 bridgehead atoms. The Morgan fingerprint density at radius 2 is 0.638 bits per heavy atom. The summed E-state index contributed by atoms with van der Waals surface area (Å²) >= 11 is 0. The molecular formula is C50H46N2O4P2. The van der Waals surface area contributed by atoms with Crippen LogP contribution in [0.15, 0.2) is 212 Å². The fraction of sp³-hybridized carbons (Fsp3) is 0.160. The summed E-state index contributed by atoms with van der Waals surface area (Å²) in [5.41, 5.74) is 1.09. The van der Waals surface area contributed by atoms with Crippen LogP contribution in [0.25, 0.3) is 0 Å². The first-order chi connectivity index (χ1) is 28.6. The van der Waals surface area contributed by atoms with E-state index in [1.165, 1.54) is 0 Å². The van der Waals surface area contributed by atoms with Crippen molar-refractivity contribution in [2.75, 3.05) is 0 Å². The Labute approximate surface area is 340 Å². The first-order valence-electron chi connectivity index (χ1n) is 20.3. The molecule has 11 rings (SSSR count). The van der Waals surface area contributed by atoms with E-state index in [9.17, 15) is 0 Å². The van der Waals surface area contributed by atoms with Crippen molar-refractivity contribution in [3.63, 3.8) is 0 Å². The van der Waals surface area contributed by atoms with Crippen LogP contribution in [0, 0.1) is 0 Å². The topological polar surface area (TPSA) is 64.3 Å². The fourth-order valence-electron chi connectivity index (χ4n) is 10.3. The second-order valence-electron chi connectivity index (χ2n) is 15.9. The molecule has 6 nitrogen and oxygen atoms in total. The molecule has 1 unspecified atom stereocenters. The van der Waals surface area contributed by atoms with E-state index in [-0.39, 0.29) is 24.3 Å². The Kier molecular flexibility index (Phi) is 8.68. The third-order valence-corrected chi connectivity index (χ3v) is 23.5. The van der Waals surface area contributed by atoms with Crippen LogP contribution in [-0.2, 0) is 25.1 Å². The third-order valence-electron chi connectivity index (χ3n) is 12.9. The zero-order chi connectivity index (χ0) is 38.7. The van der Waals surface area contributed by atoms with Gasteiger partial charge in [0.2, 0.25) is 0 Å². The van der Waals surface area contributed by atoms with Crippen LogP contribution < -0.4 is 42.0 Å². The van der Waals surface area contributed by atoms with Crippen LogP contribution in [0.5, 0.6) is 0 Å². The van der Waals surface area contributed by atoms with E-state index < -0.39 is 32.3 Å². The van der Waals surface area contributed by atoms with Crippen molar-refractivity contribution in [3.8, 4) is 0 Å². The Morgan fingerprint density at radius 3 is 0.931 bits per heavy atom. The summed E-state index contributed by atoms with van der Waals surface area (Å²) in [6, 6.07) is 74.7. The molecule has 3 saturated heterocycles. The van der Waals surface area contributed by atoms with Crippen LogP contribution in [0.3, 0.4) is 0 Å². The molecule has 290 valence electrons. The zero-order valence-electron chi connectivity index (χ0n) is 32.0. The molecule has 1 aliphatic carbocycles. The number of benzene rings is 7. The minimum atomic E-state index is -3.93. The molecule has 0 amide bonds. The SMILES string of the molecule is c1ccc(COC2[C@H]3OP(c4ccccc4)(c4ccccc4)(c4ccccc4)N[C@@H]3[C@@H]3O[C@@H]3[C@@H]3NP(c4ccccc4)(c4ccccc4)(c4ccccc4)O[C@@H]23)cc1. The molecule has 58 heavy (non-hydrogen) atoms. The van der Waals surface area contributed by atoms with Gasteiger partial charge in [0.05, 0.1) is 0 Å². The summed E-state index contributed by atoms with van der Waals surface area (Å²) in [7, 11) is 0. The standard InChI is InChI=1S/C50H46N2O4P2/c1-8-22-37(23-9-1)36-53-50-48-44(51-57(55-48,38-24-10-2-11-25-38,39-26-12-3-13-27-39)40-28-14-4-15-29-40)46-47(54-46)45-49(50)56-58(52-45,41-30-16-5-17-31-41,42-32-18-6-19-33-42)43-34-20-7-21-35-43/h1-35,44-52H,36H2/t44-,45+,46+,47-,48+,49-,50?. The molecule has 3 aliphatic heterocycles. The molecule has 0 aromatic heterocycles. The Morgan fingerprint density at radius 1 is 0.362 bits per heavy atom. The first-order valence-corrected chi connectivity index (χ1v) is 24.6. The third kappa shape index (κ3) is 5.15. The summed E-state index contributed by atoms with van der Waals surface area (Å²) in [6.45, 7) is -7.46. The van der Waals surface area contributed by atoms with E-state index in [1.54, 1.807) is 0 Å². The quantitative estimate of drug-likeness (QED) is 0.124. The molecule has 7 atom stereocenters. The van der Waals surface area contributed by atoms with Gasteiger partial charge < -0.3 is 0 Å². The van der Waals surface area contributed by atoms with Crippen molar-refractivity contribution in [3.05, 3.63) is 218 Å². The second-order valence-corrected chi connectivity index (χ2v) is 24.0. The van der Waals surface area contributed by atoms with Crippen molar-refractivity contribution >= 4 is 45.8 Å². The van der Waals surface area contributed by atoms with Gasteiger partial charge in [0, 0.05) is 0 Å². The monoisotopic (exact) mass is 800 g/mol. The number of rotatable bonds is 9. The maximum absolute atomic E-state index is 8.22. The molecule has 8 heteroatoms. The summed E-state index contributed by atoms with van der Waals surface area (Å²) in [6.07, 6.45) is -1.76. The van der Waals surface area contributed by atoms with E-state index in [1.807, 2.05) is 6.07 Å². The summed E-state index contributed by atoms with van der Waals surface area (Å²) in [5.74, 6) is 0. The Hall–Kier alpha value is -4.84. The van der Waals surface area contributed by atoms with Gasteiger partial charge in [0.1, 0.15) is 0 Å². The Bertz CT molecular complexity index is 2170. The van der Waals surface area contributed by atoms with Crippen LogP contribution in [0.2, 0.25) is 0 Å². The van der Waals surface area contributed by atoms with Crippen LogP contribution in [0.1, 0.15) is 5.56 Å². The molecule has 0 spiro atoms. The number of hydrogen-bond donors (Lipinski definition) is 2. The normalized spacial score (nSPS) is 29.4. The fourth-order valence-corrected chi connectivity index (χ4v) is 21.5. The van der Waals surface area contributed by atoms with Crippen molar-refractivity contribution < 1.29 is 18.5 Å². The minimum absolute atomic E-state index is 0.165. The molecule has 3 heterocycles. The van der Waals surface area contributed by atoms with Crippen molar-refractivity contribution in [2.45, 2.75) is 49.2 Å². The van der Waals surface area contributed by atoms with Gasteiger partial charge >= 0.3 is 342 Å². The molecule has 1 saturated carbocycles. The number of nitrogens with one attached hydrogen (secondary N) is 2. The van der Waals surface area contributed by atoms with Crippen molar-refractivity contribution in [2.24, 2.45) is 0 Å². The van der Waals surface area contributed by atoms with Crippen LogP contribution in [-0.4, -0.2) is 42.6 Å². The summed E-state index contributed by atoms with van der Waals surface area (Å²) < 4.78 is 30.8. The number of fused-ring (bicyclic) bond motifs is 5. The van der Waals surface area contributed by atoms with Gasteiger partial charge in [-0.25, -0.2) is 0 Å². The van der Waals surface area contributed by atoms with Gasteiger partial charge in [0.15, 0.2) is 0 Å². The van der Waals surface area contributed by atoms with E-state index in [2.05, 4.69) is 216 Å². The van der Waals surface area contributed by atoms with Gasteiger partial charge in [0.25, 0.3) is 0 Å². The van der Waals surface area contributed by atoms with Crippen molar-refractivity contribution in [1.82, 2.24) is 10.2 Å². The van der Waals surface area contributed by atoms with Gasteiger partial charge in [-0.1, -0.05) is 0 Å². The number of hydrogen-bond acceptors (Lipinski definition) is 6. The average Bonchev–Trinajstić information content (AvgIpc) is 3.91. The van der Waals surface area contributed by atoms with E-state index in [0.717, 1.165) is 37.4 Å². The van der Waals surface area contributed by atoms with E-state index in [0.29, 0.717) is 6.61 Å². The average molecular weight is 801 g/mol.